The quantitative estimate of drug-likeness (QED) is 0.223. The Bertz CT molecular complexity index is 1010. The van der Waals surface area contributed by atoms with Crippen LogP contribution in [0.1, 0.15) is 30.9 Å². The van der Waals surface area contributed by atoms with Gasteiger partial charge >= 0.3 is 0 Å². The molecule has 3 aromatic carbocycles. The molecule has 0 fully saturated rings. The Labute approximate surface area is 174 Å². The summed E-state index contributed by atoms with van der Waals surface area (Å²) < 4.78 is 20.5. The highest BCUT2D eigenvalue weighted by Gasteiger charge is 2.12. The molecule has 29 heavy (non-hydrogen) atoms. The van der Waals surface area contributed by atoms with Gasteiger partial charge in [0.2, 0.25) is 0 Å². The summed E-state index contributed by atoms with van der Waals surface area (Å²) in [5, 5.41) is 9.69. The van der Waals surface area contributed by atoms with Gasteiger partial charge in [-0.1, -0.05) is 79.7 Å². The van der Waals surface area contributed by atoms with Crippen molar-refractivity contribution in [1.82, 2.24) is 0 Å². The number of benzene rings is 3. The molecule has 3 rings (SSSR count). The lowest BCUT2D eigenvalue weighted by molar-refractivity contribution is 0.312. The third kappa shape index (κ3) is 5.81. The minimum Gasteiger partial charge on any atom is -0.492 e. The first-order chi connectivity index (χ1) is 14.2. The number of thioether (sulfide) groups is 1. The summed E-state index contributed by atoms with van der Waals surface area (Å²) in [6.45, 7) is 2.66. The first-order valence-electron chi connectivity index (χ1n) is 9.56. The number of halogens is 1. The number of nitrogens with zero attached hydrogens (tertiary/aromatic N) is 2. The molecule has 0 bridgehead atoms. The van der Waals surface area contributed by atoms with E-state index in [1.165, 1.54) is 24.0 Å². The SMILES string of the molecule is CCCCOc1c(C=NN=C(N)SCc2ccccc2)cc(F)c2ccccc12. The van der Waals surface area contributed by atoms with Crippen LogP contribution in [-0.2, 0) is 5.75 Å². The van der Waals surface area contributed by atoms with Crippen LogP contribution >= 0.6 is 11.8 Å². The van der Waals surface area contributed by atoms with Crippen molar-refractivity contribution in [2.75, 3.05) is 6.61 Å². The molecule has 0 atom stereocenters. The average Bonchev–Trinajstić information content (AvgIpc) is 2.75. The Morgan fingerprint density at radius 3 is 2.59 bits per heavy atom. The van der Waals surface area contributed by atoms with Crippen molar-refractivity contribution in [3.8, 4) is 5.75 Å². The van der Waals surface area contributed by atoms with Crippen molar-refractivity contribution in [3.63, 3.8) is 0 Å². The fourth-order valence-electron chi connectivity index (χ4n) is 2.81. The zero-order chi connectivity index (χ0) is 20.5. The molecule has 0 unspecified atom stereocenters. The summed E-state index contributed by atoms with van der Waals surface area (Å²) in [7, 11) is 0. The van der Waals surface area contributed by atoms with E-state index >= 15 is 0 Å². The molecule has 0 saturated heterocycles. The average molecular weight is 410 g/mol. The highest BCUT2D eigenvalue weighted by atomic mass is 32.2. The maximum absolute atomic E-state index is 14.5. The largest absolute Gasteiger partial charge is 0.492 e. The fraction of sp³-hybridized carbons (Fsp3) is 0.217. The van der Waals surface area contributed by atoms with Gasteiger partial charge in [-0.3, -0.25) is 0 Å². The summed E-state index contributed by atoms with van der Waals surface area (Å²) in [6.07, 6.45) is 3.43. The van der Waals surface area contributed by atoms with Gasteiger partial charge in [0.25, 0.3) is 0 Å². The second-order valence-electron chi connectivity index (χ2n) is 6.48. The van der Waals surface area contributed by atoms with Crippen molar-refractivity contribution >= 4 is 33.9 Å². The molecule has 0 aliphatic heterocycles. The van der Waals surface area contributed by atoms with Crippen molar-refractivity contribution in [3.05, 3.63) is 77.6 Å². The lowest BCUT2D eigenvalue weighted by atomic mass is 10.0. The van der Waals surface area contributed by atoms with Gasteiger partial charge in [-0.15, -0.1) is 5.10 Å². The summed E-state index contributed by atoms with van der Waals surface area (Å²) >= 11 is 1.40. The molecule has 4 nitrogen and oxygen atoms in total. The molecule has 0 saturated carbocycles. The van der Waals surface area contributed by atoms with Crippen LogP contribution in [0.15, 0.2) is 70.9 Å². The second-order valence-corrected chi connectivity index (χ2v) is 7.48. The molecule has 0 heterocycles. The van der Waals surface area contributed by atoms with Crippen molar-refractivity contribution in [2.45, 2.75) is 25.5 Å². The number of amidine groups is 1. The molecule has 0 aromatic heterocycles. The van der Waals surface area contributed by atoms with E-state index in [0.717, 1.165) is 23.8 Å². The van der Waals surface area contributed by atoms with Gasteiger partial charge in [-0.25, -0.2) is 4.39 Å². The van der Waals surface area contributed by atoms with E-state index in [9.17, 15) is 4.39 Å². The fourth-order valence-corrected chi connectivity index (χ4v) is 3.42. The normalized spacial score (nSPS) is 12.0. The lowest BCUT2D eigenvalue weighted by Crippen LogP contribution is -2.06. The predicted octanol–water partition coefficient (Wildman–Crippen LogP) is 5.74. The molecule has 0 aliphatic rings. The van der Waals surface area contributed by atoms with E-state index in [4.69, 9.17) is 10.5 Å². The maximum atomic E-state index is 14.5. The van der Waals surface area contributed by atoms with Crippen LogP contribution in [0.3, 0.4) is 0 Å². The highest BCUT2D eigenvalue weighted by Crippen LogP contribution is 2.31. The van der Waals surface area contributed by atoms with Crippen molar-refractivity contribution in [2.24, 2.45) is 15.9 Å². The maximum Gasteiger partial charge on any atom is 0.180 e. The Hall–Kier alpha value is -2.86. The minimum atomic E-state index is -0.319. The van der Waals surface area contributed by atoms with Crippen LogP contribution in [-0.4, -0.2) is 18.0 Å². The Morgan fingerprint density at radius 1 is 1.10 bits per heavy atom. The molecule has 0 aliphatic carbocycles. The van der Waals surface area contributed by atoms with Crippen LogP contribution in [0.4, 0.5) is 4.39 Å². The van der Waals surface area contributed by atoms with Crippen LogP contribution in [0.2, 0.25) is 0 Å². The van der Waals surface area contributed by atoms with E-state index in [0.29, 0.717) is 34.2 Å². The van der Waals surface area contributed by atoms with Crippen molar-refractivity contribution in [1.29, 1.82) is 0 Å². The molecule has 0 radical (unpaired) electrons. The Balaban J connectivity index is 1.79. The van der Waals surface area contributed by atoms with Gasteiger partial charge in [0.05, 0.1) is 12.8 Å². The van der Waals surface area contributed by atoms with Crippen LogP contribution in [0.25, 0.3) is 10.8 Å². The summed E-state index contributed by atoms with van der Waals surface area (Å²) in [5.74, 6) is 1.01. The first-order valence-corrected chi connectivity index (χ1v) is 10.5. The Morgan fingerprint density at radius 2 is 1.83 bits per heavy atom. The van der Waals surface area contributed by atoms with Gasteiger partial charge in [0.15, 0.2) is 5.17 Å². The van der Waals surface area contributed by atoms with E-state index in [2.05, 4.69) is 17.1 Å². The monoisotopic (exact) mass is 409 g/mol. The first kappa shape index (κ1) is 20.9. The van der Waals surface area contributed by atoms with Gasteiger partial charge in [-0.05, 0) is 18.1 Å². The topological polar surface area (TPSA) is 60.0 Å². The zero-order valence-corrected chi connectivity index (χ0v) is 17.2. The number of fused-ring (bicyclic) bond motifs is 1. The molecular weight excluding hydrogens is 385 g/mol. The highest BCUT2D eigenvalue weighted by molar-refractivity contribution is 8.13. The number of ether oxygens (including phenoxy) is 1. The van der Waals surface area contributed by atoms with E-state index < -0.39 is 0 Å². The van der Waals surface area contributed by atoms with Crippen LogP contribution in [0, 0.1) is 5.82 Å². The van der Waals surface area contributed by atoms with E-state index in [1.54, 1.807) is 6.07 Å². The number of hydrogen-bond acceptors (Lipinski definition) is 4. The van der Waals surface area contributed by atoms with Gasteiger partial charge in [0, 0.05) is 22.1 Å². The number of hydrogen-bond donors (Lipinski definition) is 1. The molecule has 2 N–H and O–H groups in total. The van der Waals surface area contributed by atoms with E-state index in [1.807, 2.05) is 48.5 Å². The summed E-state index contributed by atoms with van der Waals surface area (Å²) in [6, 6.07) is 18.7. The van der Waals surface area contributed by atoms with Gasteiger partial charge < -0.3 is 10.5 Å². The van der Waals surface area contributed by atoms with Crippen molar-refractivity contribution < 1.29 is 9.13 Å². The summed E-state index contributed by atoms with van der Waals surface area (Å²) in [5.41, 5.74) is 7.64. The second kappa shape index (κ2) is 10.6. The summed E-state index contributed by atoms with van der Waals surface area (Å²) in [4.78, 5) is 0. The minimum absolute atomic E-state index is 0.319. The van der Waals surface area contributed by atoms with Gasteiger partial charge in [-0.2, -0.15) is 5.10 Å². The third-order valence-corrected chi connectivity index (χ3v) is 5.16. The van der Waals surface area contributed by atoms with Crippen LogP contribution in [0.5, 0.6) is 5.75 Å². The number of rotatable bonds is 8. The number of unbranched alkanes of at least 4 members (excludes halogenated alkanes) is 1. The molecular formula is C23H24FN3OS. The predicted molar refractivity (Wildman–Crippen MR) is 121 cm³/mol. The van der Waals surface area contributed by atoms with Gasteiger partial charge in [0.1, 0.15) is 11.6 Å². The smallest absolute Gasteiger partial charge is 0.180 e. The lowest BCUT2D eigenvalue weighted by Gasteiger charge is -2.12. The standard InChI is InChI=1S/C23H24FN3OS/c1-2-3-13-28-22-18(14-21(24)19-11-7-8-12-20(19)22)15-26-27-23(25)29-16-17-9-5-4-6-10-17/h4-12,14-15H,2-3,13,16H2,1H3,(H2,25,27). The molecule has 6 heteroatoms. The zero-order valence-electron chi connectivity index (χ0n) is 16.3. The molecule has 3 aromatic rings. The molecule has 150 valence electrons. The molecule has 0 amide bonds. The number of nitrogens with two attached hydrogens (primary N) is 1. The third-order valence-electron chi connectivity index (χ3n) is 4.30. The van der Waals surface area contributed by atoms with E-state index in [-0.39, 0.29) is 5.82 Å². The van der Waals surface area contributed by atoms with Crippen LogP contribution < -0.4 is 10.5 Å². The Kier molecular flexibility index (Phi) is 7.64. The molecule has 0 spiro atoms.